The van der Waals surface area contributed by atoms with E-state index in [2.05, 4.69) is 22.2 Å². The molecule has 0 aliphatic carbocycles. The Balaban J connectivity index is 2.00. The molecule has 2 aromatic heterocycles. The molecule has 6 heteroatoms. The Bertz CT molecular complexity index is 748. The summed E-state index contributed by atoms with van der Waals surface area (Å²) >= 11 is 3.29. The van der Waals surface area contributed by atoms with E-state index in [1.165, 1.54) is 0 Å². The Hall–Kier alpha value is -1.37. The lowest BCUT2D eigenvalue weighted by Crippen LogP contribution is -1.97. The van der Waals surface area contributed by atoms with Crippen LogP contribution in [0.15, 0.2) is 29.2 Å². The van der Waals surface area contributed by atoms with Crippen molar-refractivity contribution in [2.24, 2.45) is 0 Å². The summed E-state index contributed by atoms with van der Waals surface area (Å²) in [6, 6.07) is 8.26. The molecule has 0 saturated heterocycles. The Labute approximate surface area is 125 Å². The van der Waals surface area contributed by atoms with Gasteiger partial charge in [-0.05, 0) is 38.1 Å². The number of rotatable bonds is 4. The smallest absolute Gasteiger partial charge is 0.211 e. The monoisotopic (exact) mass is 305 g/mol. The van der Waals surface area contributed by atoms with Crippen LogP contribution in [-0.4, -0.2) is 32.2 Å². The van der Waals surface area contributed by atoms with Gasteiger partial charge >= 0.3 is 0 Å². The molecule has 2 heterocycles. The molecule has 3 rings (SSSR count). The lowest BCUT2D eigenvalue weighted by Gasteiger charge is -1.97. The van der Waals surface area contributed by atoms with Crippen molar-refractivity contribution in [3.63, 3.8) is 0 Å². The summed E-state index contributed by atoms with van der Waals surface area (Å²) in [7, 11) is 0. The number of aromatic nitrogens is 3. The second kappa shape index (κ2) is 5.55. The van der Waals surface area contributed by atoms with Gasteiger partial charge in [0.2, 0.25) is 5.13 Å². The number of hydrogen-bond donors (Lipinski definition) is 1. The van der Waals surface area contributed by atoms with Gasteiger partial charge in [0.1, 0.15) is 0 Å². The van der Waals surface area contributed by atoms with Crippen LogP contribution in [0.4, 0.5) is 0 Å². The summed E-state index contributed by atoms with van der Waals surface area (Å²) < 4.78 is 3.04. The lowest BCUT2D eigenvalue weighted by atomic mass is 10.3. The van der Waals surface area contributed by atoms with Crippen LogP contribution < -0.4 is 0 Å². The van der Waals surface area contributed by atoms with Crippen molar-refractivity contribution in [3.05, 3.63) is 35.7 Å². The Morgan fingerprint density at radius 2 is 2.15 bits per heavy atom. The van der Waals surface area contributed by atoms with E-state index in [1.807, 2.05) is 30.7 Å². The number of aliphatic hydroxyl groups is 1. The third-order valence-corrected chi connectivity index (χ3v) is 4.87. The molecule has 0 saturated carbocycles. The SMILES string of the molecule is Cc1cc(C)n(-c2nc3ccc(SCCO)cc3s2)n1. The maximum atomic E-state index is 8.88. The molecule has 104 valence electrons. The Morgan fingerprint density at radius 1 is 1.30 bits per heavy atom. The zero-order valence-corrected chi connectivity index (χ0v) is 13.0. The molecule has 0 aliphatic heterocycles. The fourth-order valence-corrected chi connectivity index (χ4v) is 3.84. The normalized spacial score (nSPS) is 11.3. The first-order chi connectivity index (χ1) is 9.67. The number of thiazole rings is 1. The predicted octanol–water partition coefficient (Wildman–Crippen LogP) is 3.18. The summed E-state index contributed by atoms with van der Waals surface area (Å²) in [5, 5.41) is 14.3. The minimum atomic E-state index is 0.197. The van der Waals surface area contributed by atoms with E-state index in [9.17, 15) is 0 Å². The highest BCUT2D eigenvalue weighted by atomic mass is 32.2. The van der Waals surface area contributed by atoms with Crippen LogP contribution >= 0.6 is 23.1 Å². The molecule has 0 bridgehead atoms. The molecular weight excluding hydrogens is 290 g/mol. The van der Waals surface area contributed by atoms with Gasteiger partial charge < -0.3 is 5.11 Å². The van der Waals surface area contributed by atoms with E-state index >= 15 is 0 Å². The Kier molecular flexibility index (Phi) is 3.78. The van der Waals surface area contributed by atoms with Gasteiger partial charge in [0.15, 0.2) is 0 Å². The van der Waals surface area contributed by atoms with Gasteiger partial charge in [-0.25, -0.2) is 9.67 Å². The topological polar surface area (TPSA) is 50.9 Å². The van der Waals surface area contributed by atoms with E-state index in [4.69, 9.17) is 5.11 Å². The summed E-state index contributed by atoms with van der Waals surface area (Å²) in [5.74, 6) is 0.717. The minimum Gasteiger partial charge on any atom is -0.396 e. The summed E-state index contributed by atoms with van der Waals surface area (Å²) in [6.45, 7) is 4.22. The van der Waals surface area contributed by atoms with Crippen LogP contribution in [0, 0.1) is 13.8 Å². The largest absolute Gasteiger partial charge is 0.396 e. The molecule has 0 fully saturated rings. The molecule has 1 N–H and O–H groups in total. The van der Waals surface area contributed by atoms with Crippen LogP contribution in [0.1, 0.15) is 11.4 Å². The highest BCUT2D eigenvalue weighted by Crippen LogP contribution is 2.29. The van der Waals surface area contributed by atoms with Crippen molar-refractivity contribution in [2.45, 2.75) is 18.7 Å². The number of nitrogens with zero attached hydrogens (tertiary/aromatic N) is 3. The number of fused-ring (bicyclic) bond motifs is 1. The standard InChI is InChI=1S/C14H15N3OS2/c1-9-7-10(2)17(16-9)14-15-12-4-3-11(19-6-5-18)8-13(12)20-14/h3-4,7-8,18H,5-6H2,1-2H3. The second-order valence-corrected chi connectivity index (χ2v) is 6.71. The van der Waals surface area contributed by atoms with E-state index in [1.54, 1.807) is 23.1 Å². The van der Waals surface area contributed by atoms with Gasteiger partial charge in [0.25, 0.3) is 0 Å². The van der Waals surface area contributed by atoms with Crippen molar-refractivity contribution in [2.75, 3.05) is 12.4 Å². The average molecular weight is 305 g/mol. The summed E-state index contributed by atoms with van der Waals surface area (Å²) in [4.78, 5) is 5.80. The second-order valence-electron chi connectivity index (χ2n) is 4.54. The molecule has 0 amide bonds. The molecule has 0 spiro atoms. The zero-order valence-electron chi connectivity index (χ0n) is 11.3. The van der Waals surface area contributed by atoms with Crippen LogP contribution in [-0.2, 0) is 0 Å². The highest BCUT2D eigenvalue weighted by Gasteiger charge is 2.10. The number of hydrogen-bond acceptors (Lipinski definition) is 5. The fraction of sp³-hybridized carbons (Fsp3) is 0.286. The lowest BCUT2D eigenvalue weighted by molar-refractivity contribution is 0.322. The third-order valence-electron chi connectivity index (χ3n) is 2.90. The Morgan fingerprint density at radius 3 is 2.85 bits per heavy atom. The molecule has 1 aromatic carbocycles. The number of aliphatic hydroxyl groups excluding tert-OH is 1. The van der Waals surface area contributed by atoms with Crippen LogP contribution in [0.5, 0.6) is 0 Å². The van der Waals surface area contributed by atoms with Gasteiger partial charge in [-0.1, -0.05) is 11.3 Å². The van der Waals surface area contributed by atoms with Gasteiger partial charge in [0, 0.05) is 16.3 Å². The van der Waals surface area contributed by atoms with Crippen molar-refractivity contribution in [1.29, 1.82) is 0 Å². The van der Waals surface area contributed by atoms with Crippen LogP contribution in [0.25, 0.3) is 15.3 Å². The van der Waals surface area contributed by atoms with E-state index in [0.717, 1.165) is 31.6 Å². The summed E-state index contributed by atoms with van der Waals surface area (Å²) in [5.41, 5.74) is 3.09. The fourth-order valence-electron chi connectivity index (χ4n) is 2.06. The zero-order chi connectivity index (χ0) is 14.1. The molecule has 20 heavy (non-hydrogen) atoms. The van der Waals surface area contributed by atoms with Gasteiger partial charge in [-0.3, -0.25) is 0 Å². The number of benzene rings is 1. The maximum Gasteiger partial charge on any atom is 0.211 e. The van der Waals surface area contributed by atoms with E-state index in [-0.39, 0.29) is 6.61 Å². The highest BCUT2D eigenvalue weighted by molar-refractivity contribution is 7.99. The van der Waals surface area contributed by atoms with Gasteiger partial charge in [0.05, 0.1) is 22.5 Å². The molecule has 4 nitrogen and oxygen atoms in total. The average Bonchev–Trinajstić information content (AvgIpc) is 2.98. The molecule has 0 aliphatic rings. The maximum absolute atomic E-state index is 8.88. The molecule has 3 aromatic rings. The van der Waals surface area contributed by atoms with E-state index in [0.29, 0.717) is 5.75 Å². The molecule has 0 radical (unpaired) electrons. The third kappa shape index (κ3) is 2.59. The first-order valence-electron chi connectivity index (χ1n) is 6.35. The quantitative estimate of drug-likeness (QED) is 0.752. The van der Waals surface area contributed by atoms with E-state index < -0.39 is 0 Å². The van der Waals surface area contributed by atoms with Crippen LogP contribution in [0.3, 0.4) is 0 Å². The summed E-state index contributed by atoms with van der Waals surface area (Å²) in [6.07, 6.45) is 0. The predicted molar refractivity (Wildman–Crippen MR) is 84.0 cm³/mol. The van der Waals surface area contributed by atoms with Crippen molar-refractivity contribution >= 4 is 33.3 Å². The first kappa shape index (κ1) is 13.6. The molecule has 0 atom stereocenters. The molecule has 0 unspecified atom stereocenters. The number of thioether (sulfide) groups is 1. The van der Waals surface area contributed by atoms with Crippen molar-refractivity contribution in [1.82, 2.24) is 14.8 Å². The minimum absolute atomic E-state index is 0.197. The first-order valence-corrected chi connectivity index (χ1v) is 8.15. The molecular formula is C14H15N3OS2. The van der Waals surface area contributed by atoms with Gasteiger partial charge in [-0.15, -0.1) is 11.8 Å². The van der Waals surface area contributed by atoms with Crippen molar-refractivity contribution in [3.8, 4) is 5.13 Å². The van der Waals surface area contributed by atoms with Gasteiger partial charge in [-0.2, -0.15) is 5.10 Å². The van der Waals surface area contributed by atoms with Crippen molar-refractivity contribution < 1.29 is 5.11 Å². The van der Waals surface area contributed by atoms with Crippen LogP contribution in [0.2, 0.25) is 0 Å². The number of aryl methyl sites for hydroxylation is 2.